The third kappa shape index (κ3) is 5.82. The lowest BCUT2D eigenvalue weighted by Gasteiger charge is -2.31. The minimum absolute atomic E-state index is 0.00475. The van der Waals surface area contributed by atoms with Crippen LogP contribution in [0.3, 0.4) is 0 Å². The van der Waals surface area contributed by atoms with Gasteiger partial charge in [-0.2, -0.15) is 0 Å². The van der Waals surface area contributed by atoms with E-state index in [1.807, 2.05) is 23.1 Å². The van der Waals surface area contributed by atoms with Crippen molar-refractivity contribution in [3.05, 3.63) is 53.9 Å². The lowest BCUT2D eigenvalue weighted by molar-refractivity contribution is 0.0983. The molecule has 1 amide bonds. The number of unbranched alkanes of at least 4 members (excludes halogenated alkanes) is 1. The summed E-state index contributed by atoms with van der Waals surface area (Å²) in [7, 11) is 0. The van der Waals surface area contributed by atoms with E-state index in [4.69, 9.17) is 4.74 Å². The molecule has 3 rings (SSSR count). The highest BCUT2D eigenvalue weighted by molar-refractivity contribution is 6.07. The number of hydrogen-bond donors (Lipinski definition) is 0. The smallest absolute Gasteiger partial charge is 0.259 e. The summed E-state index contributed by atoms with van der Waals surface area (Å²) in [5.74, 6) is 0.818. The van der Waals surface area contributed by atoms with Crippen LogP contribution in [0.1, 0.15) is 61.9 Å². The van der Waals surface area contributed by atoms with Crippen molar-refractivity contribution in [3.63, 3.8) is 0 Å². The lowest BCUT2D eigenvalue weighted by atomic mass is 10.00. The van der Waals surface area contributed by atoms with Crippen molar-refractivity contribution in [1.29, 1.82) is 0 Å². The van der Waals surface area contributed by atoms with Gasteiger partial charge < -0.3 is 14.5 Å². The van der Waals surface area contributed by atoms with E-state index in [2.05, 4.69) is 29.8 Å². The van der Waals surface area contributed by atoms with Crippen molar-refractivity contribution >= 4 is 11.6 Å². The fourth-order valence-electron chi connectivity index (χ4n) is 4.17. The molecule has 30 heavy (non-hydrogen) atoms. The number of anilines is 1. The van der Waals surface area contributed by atoms with E-state index in [0.29, 0.717) is 18.7 Å². The second kappa shape index (κ2) is 11.7. The Balaban J connectivity index is 1.62. The molecule has 1 aromatic carbocycles. The first-order valence-corrected chi connectivity index (χ1v) is 11.4. The van der Waals surface area contributed by atoms with E-state index in [1.165, 1.54) is 31.5 Å². The van der Waals surface area contributed by atoms with E-state index >= 15 is 0 Å². The molecular weight excluding hydrogens is 374 g/mol. The number of para-hydroxylation sites is 1. The molecular formula is C25H35N3O2. The third-order valence-corrected chi connectivity index (χ3v) is 5.54. The summed E-state index contributed by atoms with van der Waals surface area (Å²) < 4.78 is 6.19. The number of ether oxygens (including phenoxy) is 1. The lowest BCUT2D eigenvalue weighted by Crippen LogP contribution is -2.36. The van der Waals surface area contributed by atoms with Crippen molar-refractivity contribution in [2.45, 2.75) is 52.4 Å². The Labute approximate surface area is 181 Å². The van der Waals surface area contributed by atoms with Gasteiger partial charge in [0.25, 0.3) is 5.91 Å². The van der Waals surface area contributed by atoms with Crippen LogP contribution in [0.5, 0.6) is 5.75 Å². The van der Waals surface area contributed by atoms with Gasteiger partial charge in [-0.3, -0.25) is 9.78 Å². The van der Waals surface area contributed by atoms with Crippen molar-refractivity contribution in [1.82, 2.24) is 9.88 Å². The van der Waals surface area contributed by atoms with E-state index in [0.717, 1.165) is 43.7 Å². The Morgan fingerprint density at radius 2 is 1.93 bits per heavy atom. The quantitative estimate of drug-likeness (QED) is 0.492. The predicted molar refractivity (Wildman–Crippen MR) is 122 cm³/mol. The molecule has 5 heteroatoms. The van der Waals surface area contributed by atoms with Crippen LogP contribution in [0.4, 0.5) is 5.69 Å². The number of amides is 1. The highest BCUT2D eigenvalue weighted by atomic mass is 16.5. The third-order valence-electron chi connectivity index (χ3n) is 5.54. The van der Waals surface area contributed by atoms with Crippen LogP contribution in [0, 0.1) is 0 Å². The zero-order chi connectivity index (χ0) is 21.2. The van der Waals surface area contributed by atoms with Gasteiger partial charge in [0.2, 0.25) is 0 Å². The molecule has 0 bridgehead atoms. The standard InChI is InChI=1S/C25H35N3O2/c1-3-15-27(16-4-2)17-5-6-19-30-23-13-7-10-21-12-9-18-28(24(21)23)25(29)22-11-8-14-26-20-22/h7-8,10-11,13-14,20H,3-6,9,12,15-19H2,1-2H3. The van der Waals surface area contributed by atoms with E-state index in [-0.39, 0.29) is 5.91 Å². The number of rotatable bonds is 11. The molecule has 0 saturated heterocycles. The molecule has 0 spiro atoms. The maximum absolute atomic E-state index is 13.1. The molecule has 0 atom stereocenters. The van der Waals surface area contributed by atoms with Crippen LogP contribution in [0.25, 0.3) is 0 Å². The molecule has 0 aliphatic carbocycles. The fourth-order valence-corrected chi connectivity index (χ4v) is 4.17. The van der Waals surface area contributed by atoms with E-state index < -0.39 is 0 Å². The van der Waals surface area contributed by atoms with Crippen molar-refractivity contribution < 1.29 is 9.53 Å². The molecule has 1 aliphatic rings. The largest absolute Gasteiger partial charge is 0.491 e. The molecule has 2 heterocycles. The van der Waals surface area contributed by atoms with Gasteiger partial charge in [-0.1, -0.05) is 26.0 Å². The summed E-state index contributed by atoms with van der Waals surface area (Å²) in [4.78, 5) is 21.6. The second-order valence-corrected chi connectivity index (χ2v) is 7.96. The maximum Gasteiger partial charge on any atom is 0.259 e. The van der Waals surface area contributed by atoms with Gasteiger partial charge in [-0.05, 0) is 81.9 Å². The summed E-state index contributed by atoms with van der Waals surface area (Å²) in [5, 5.41) is 0. The zero-order valence-corrected chi connectivity index (χ0v) is 18.5. The summed E-state index contributed by atoms with van der Waals surface area (Å²) in [6.45, 7) is 9.34. The first-order chi connectivity index (χ1) is 14.7. The summed E-state index contributed by atoms with van der Waals surface area (Å²) in [6.07, 6.45) is 9.83. The van der Waals surface area contributed by atoms with Crippen molar-refractivity contribution in [3.8, 4) is 5.75 Å². The average molecular weight is 410 g/mol. The van der Waals surface area contributed by atoms with Gasteiger partial charge in [-0.15, -0.1) is 0 Å². The number of hydrogen-bond acceptors (Lipinski definition) is 4. The van der Waals surface area contributed by atoms with Crippen LogP contribution in [-0.2, 0) is 6.42 Å². The van der Waals surface area contributed by atoms with Gasteiger partial charge in [0.05, 0.1) is 17.9 Å². The molecule has 0 fully saturated rings. The zero-order valence-electron chi connectivity index (χ0n) is 18.5. The van der Waals surface area contributed by atoms with Gasteiger partial charge >= 0.3 is 0 Å². The van der Waals surface area contributed by atoms with Crippen LogP contribution in [0.15, 0.2) is 42.7 Å². The van der Waals surface area contributed by atoms with Gasteiger partial charge in [-0.25, -0.2) is 0 Å². The summed E-state index contributed by atoms with van der Waals surface area (Å²) >= 11 is 0. The topological polar surface area (TPSA) is 45.7 Å². The Morgan fingerprint density at radius 1 is 1.10 bits per heavy atom. The maximum atomic E-state index is 13.1. The average Bonchev–Trinajstić information content (AvgIpc) is 2.79. The highest BCUT2D eigenvalue weighted by Crippen LogP contribution is 2.37. The van der Waals surface area contributed by atoms with Crippen LogP contribution in [0.2, 0.25) is 0 Å². The molecule has 1 aliphatic heterocycles. The minimum atomic E-state index is -0.00475. The van der Waals surface area contributed by atoms with E-state index in [9.17, 15) is 4.79 Å². The highest BCUT2D eigenvalue weighted by Gasteiger charge is 2.27. The normalized spacial score (nSPS) is 13.4. The fraction of sp³-hybridized carbons (Fsp3) is 0.520. The number of nitrogens with zero attached hydrogens (tertiary/aromatic N) is 3. The molecule has 0 unspecified atom stereocenters. The number of carbonyl (C=O) groups is 1. The molecule has 0 N–H and O–H groups in total. The molecule has 1 aromatic heterocycles. The van der Waals surface area contributed by atoms with Crippen LogP contribution >= 0.6 is 0 Å². The first kappa shape index (κ1) is 22.3. The monoisotopic (exact) mass is 409 g/mol. The molecule has 0 radical (unpaired) electrons. The number of carbonyl (C=O) groups excluding carboxylic acids is 1. The number of pyridine rings is 1. The Morgan fingerprint density at radius 3 is 2.67 bits per heavy atom. The predicted octanol–water partition coefficient (Wildman–Crippen LogP) is 4.96. The van der Waals surface area contributed by atoms with Crippen LogP contribution < -0.4 is 9.64 Å². The van der Waals surface area contributed by atoms with Crippen molar-refractivity contribution in [2.75, 3.05) is 37.7 Å². The van der Waals surface area contributed by atoms with Crippen molar-refractivity contribution in [2.24, 2.45) is 0 Å². The molecule has 5 nitrogen and oxygen atoms in total. The van der Waals surface area contributed by atoms with Gasteiger partial charge in [0, 0.05) is 18.9 Å². The minimum Gasteiger partial charge on any atom is -0.491 e. The Hall–Kier alpha value is -2.40. The van der Waals surface area contributed by atoms with Gasteiger partial charge in [0.15, 0.2) is 0 Å². The summed E-state index contributed by atoms with van der Waals surface area (Å²) in [5.41, 5.74) is 2.75. The Bertz CT molecular complexity index is 788. The summed E-state index contributed by atoms with van der Waals surface area (Å²) in [6, 6.07) is 9.77. The number of aromatic nitrogens is 1. The molecule has 162 valence electrons. The second-order valence-electron chi connectivity index (χ2n) is 7.96. The number of benzene rings is 1. The molecule has 2 aromatic rings. The first-order valence-electron chi connectivity index (χ1n) is 11.4. The number of aryl methyl sites for hydroxylation is 1. The SMILES string of the molecule is CCCN(CCC)CCCCOc1cccc2c1N(C(=O)c1cccnc1)CCC2. The number of fused-ring (bicyclic) bond motifs is 1. The molecule has 0 saturated carbocycles. The van der Waals surface area contributed by atoms with Gasteiger partial charge in [0.1, 0.15) is 5.75 Å². The van der Waals surface area contributed by atoms with Crippen LogP contribution in [-0.4, -0.2) is 48.6 Å². The van der Waals surface area contributed by atoms with E-state index in [1.54, 1.807) is 18.5 Å². The Kier molecular flexibility index (Phi) is 8.69.